The molecule has 2 aromatic carbocycles. The Morgan fingerprint density at radius 2 is 1.94 bits per heavy atom. The van der Waals surface area contributed by atoms with Gasteiger partial charge in [0.05, 0.1) is 0 Å². The minimum absolute atomic E-state index is 0.102. The molecular formula is C13H11FINO. The van der Waals surface area contributed by atoms with Gasteiger partial charge in [-0.2, -0.15) is 0 Å². The van der Waals surface area contributed by atoms with Crippen LogP contribution >= 0.6 is 22.6 Å². The van der Waals surface area contributed by atoms with Gasteiger partial charge in [0.25, 0.3) is 0 Å². The van der Waals surface area contributed by atoms with Crippen LogP contribution in [0.1, 0.15) is 5.56 Å². The number of phenolic OH excluding ortho intramolecular Hbond substituents is 1. The average molecular weight is 343 g/mol. The molecule has 2 rings (SSSR count). The first kappa shape index (κ1) is 12.2. The number of benzene rings is 2. The number of rotatable bonds is 3. The van der Waals surface area contributed by atoms with Gasteiger partial charge < -0.3 is 10.4 Å². The molecule has 0 bridgehead atoms. The third-order valence-electron chi connectivity index (χ3n) is 2.38. The van der Waals surface area contributed by atoms with Crippen molar-refractivity contribution >= 4 is 28.3 Å². The summed E-state index contributed by atoms with van der Waals surface area (Å²) in [5, 5.41) is 12.7. The number of hydrogen-bond acceptors (Lipinski definition) is 2. The molecule has 0 radical (unpaired) electrons. The lowest BCUT2D eigenvalue weighted by Crippen LogP contribution is -2.01. The van der Waals surface area contributed by atoms with E-state index in [4.69, 9.17) is 0 Å². The standard InChI is InChI=1S/C13H11FINO/c14-10-5-6-13(17)9(7-10)8-16-12-4-2-1-3-11(12)15/h1-7,16-17H,8H2. The molecule has 2 N–H and O–H groups in total. The Bertz CT molecular complexity index is 531. The lowest BCUT2D eigenvalue weighted by Gasteiger charge is -2.09. The highest BCUT2D eigenvalue weighted by Gasteiger charge is 2.03. The second kappa shape index (κ2) is 5.35. The van der Waals surface area contributed by atoms with Crippen LogP contribution in [-0.4, -0.2) is 5.11 Å². The molecule has 88 valence electrons. The topological polar surface area (TPSA) is 32.3 Å². The van der Waals surface area contributed by atoms with Gasteiger partial charge in [0.1, 0.15) is 11.6 Å². The highest BCUT2D eigenvalue weighted by molar-refractivity contribution is 14.1. The fourth-order valence-electron chi connectivity index (χ4n) is 1.49. The summed E-state index contributed by atoms with van der Waals surface area (Å²) < 4.78 is 14.1. The maximum absolute atomic E-state index is 13.0. The summed E-state index contributed by atoms with van der Waals surface area (Å²) in [4.78, 5) is 0. The van der Waals surface area contributed by atoms with Crippen molar-refractivity contribution in [2.45, 2.75) is 6.54 Å². The number of halogens is 2. The van der Waals surface area contributed by atoms with E-state index >= 15 is 0 Å². The summed E-state index contributed by atoms with van der Waals surface area (Å²) in [6, 6.07) is 11.7. The summed E-state index contributed by atoms with van der Waals surface area (Å²) in [5.74, 6) is -0.243. The minimum atomic E-state index is -0.345. The maximum atomic E-state index is 13.0. The second-order valence-electron chi connectivity index (χ2n) is 3.61. The van der Waals surface area contributed by atoms with Crippen LogP contribution in [0, 0.1) is 9.39 Å². The van der Waals surface area contributed by atoms with Crippen LogP contribution in [0.5, 0.6) is 5.75 Å². The molecule has 0 saturated heterocycles. The second-order valence-corrected chi connectivity index (χ2v) is 4.77. The van der Waals surface area contributed by atoms with Crippen molar-refractivity contribution in [2.24, 2.45) is 0 Å². The van der Waals surface area contributed by atoms with E-state index in [0.717, 1.165) is 9.26 Å². The van der Waals surface area contributed by atoms with Crippen molar-refractivity contribution in [1.29, 1.82) is 0 Å². The van der Waals surface area contributed by atoms with Gasteiger partial charge in [0.15, 0.2) is 0 Å². The molecule has 0 aliphatic rings. The lowest BCUT2D eigenvalue weighted by molar-refractivity contribution is 0.466. The molecule has 0 fully saturated rings. The molecule has 0 aromatic heterocycles. The Morgan fingerprint density at radius 3 is 2.71 bits per heavy atom. The molecule has 2 nitrogen and oxygen atoms in total. The fraction of sp³-hybridized carbons (Fsp3) is 0.0769. The Labute approximate surface area is 113 Å². The zero-order chi connectivity index (χ0) is 12.3. The quantitative estimate of drug-likeness (QED) is 0.832. The average Bonchev–Trinajstić information content (AvgIpc) is 2.32. The number of aromatic hydroxyl groups is 1. The van der Waals surface area contributed by atoms with Gasteiger partial charge in [-0.25, -0.2) is 4.39 Å². The van der Waals surface area contributed by atoms with Crippen LogP contribution in [0.15, 0.2) is 42.5 Å². The molecule has 2 aromatic rings. The van der Waals surface area contributed by atoms with Gasteiger partial charge in [-0.3, -0.25) is 0 Å². The van der Waals surface area contributed by atoms with Gasteiger partial charge in [0.2, 0.25) is 0 Å². The molecular weight excluding hydrogens is 332 g/mol. The van der Waals surface area contributed by atoms with E-state index in [1.807, 2.05) is 24.3 Å². The largest absolute Gasteiger partial charge is 0.508 e. The Morgan fingerprint density at radius 1 is 1.18 bits per heavy atom. The zero-order valence-corrected chi connectivity index (χ0v) is 11.1. The fourth-order valence-corrected chi connectivity index (χ4v) is 2.07. The van der Waals surface area contributed by atoms with Crippen molar-refractivity contribution in [1.82, 2.24) is 0 Å². The molecule has 0 atom stereocenters. The molecule has 0 amide bonds. The van der Waals surface area contributed by atoms with Gasteiger partial charge in [-0.15, -0.1) is 0 Å². The third kappa shape index (κ3) is 3.09. The van der Waals surface area contributed by atoms with E-state index in [9.17, 15) is 9.50 Å². The summed E-state index contributed by atoms with van der Waals surface area (Å²) in [5.41, 5.74) is 1.52. The molecule has 0 saturated carbocycles. The molecule has 0 aliphatic carbocycles. The van der Waals surface area contributed by atoms with Crippen LogP contribution < -0.4 is 5.32 Å². The molecule has 17 heavy (non-hydrogen) atoms. The normalized spacial score (nSPS) is 10.2. The number of para-hydroxylation sites is 1. The van der Waals surface area contributed by atoms with Gasteiger partial charge >= 0.3 is 0 Å². The molecule has 0 aliphatic heterocycles. The van der Waals surface area contributed by atoms with Gasteiger partial charge in [0, 0.05) is 21.4 Å². The Hall–Kier alpha value is -1.30. The van der Waals surface area contributed by atoms with Crippen LogP contribution in [0.3, 0.4) is 0 Å². The Kier molecular flexibility index (Phi) is 3.83. The van der Waals surface area contributed by atoms with E-state index in [0.29, 0.717) is 12.1 Å². The van der Waals surface area contributed by atoms with Gasteiger partial charge in [-0.1, -0.05) is 12.1 Å². The van der Waals surface area contributed by atoms with Crippen molar-refractivity contribution < 1.29 is 9.50 Å². The first-order valence-electron chi connectivity index (χ1n) is 5.12. The van der Waals surface area contributed by atoms with Crippen molar-refractivity contribution in [3.8, 4) is 5.75 Å². The summed E-state index contributed by atoms with van der Waals surface area (Å²) >= 11 is 2.22. The SMILES string of the molecule is Oc1ccc(F)cc1CNc1ccccc1I. The van der Waals surface area contributed by atoms with Crippen LogP contribution in [-0.2, 0) is 6.54 Å². The van der Waals surface area contributed by atoms with Crippen LogP contribution in [0.2, 0.25) is 0 Å². The van der Waals surface area contributed by atoms with Crippen LogP contribution in [0.25, 0.3) is 0 Å². The summed E-state index contributed by atoms with van der Waals surface area (Å²) in [6.45, 7) is 0.392. The number of hydrogen-bond donors (Lipinski definition) is 2. The number of phenols is 1. The minimum Gasteiger partial charge on any atom is -0.508 e. The van der Waals surface area contributed by atoms with Crippen molar-refractivity contribution in [3.63, 3.8) is 0 Å². The third-order valence-corrected chi connectivity index (χ3v) is 3.33. The number of anilines is 1. The lowest BCUT2D eigenvalue weighted by atomic mass is 10.2. The molecule has 0 heterocycles. The monoisotopic (exact) mass is 343 g/mol. The van der Waals surface area contributed by atoms with Crippen molar-refractivity contribution in [2.75, 3.05) is 5.32 Å². The van der Waals surface area contributed by atoms with E-state index in [2.05, 4.69) is 27.9 Å². The predicted molar refractivity (Wildman–Crippen MR) is 74.6 cm³/mol. The first-order valence-corrected chi connectivity index (χ1v) is 6.20. The van der Waals surface area contributed by atoms with E-state index < -0.39 is 0 Å². The smallest absolute Gasteiger partial charge is 0.123 e. The van der Waals surface area contributed by atoms with Crippen molar-refractivity contribution in [3.05, 3.63) is 57.4 Å². The van der Waals surface area contributed by atoms with Crippen LogP contribution in [0.4, 0.5) is 10.1 Å². The zero-order valence-electron chi connectivity index (χ0n) is 8.95. The molecule has 0 unspecified atom stereocenters. The molecule has 4 heteroatoms. The number of nitrogens with one attached hydrogen (secondary N) is 1. The highest BCUT2D eigenvalue weighted by atomic mass is 127. The van der Waals surface area contributed by atoms with Gasteiger partial charge in [-0.05, 0) is 52.9 Å². The van der Waals surface area contributed by atoms with E-state index in [1.54, 1.807) is 0 Å². The molecule has 0 spiro atoms. The summed E-state index contributed by atoms with van der Waals surface area (Å²) in [7, 11) is 0. The highest BCUT2D eigenvalue weighted by Crippen LogP contribution is 2.21. The first-order chi connectivity index (χ1) is 8.16. The predicted octanol–water partition coefficient (Wildman–Crippen LogP) is 3.75. The Balaban J connectivity index is 2.12. The van der Waals surface area contributed by atoms with E-state index in [-0.39, 0.29) is 11.6 Å². The maximum Gasteiger partial charge on any atom is 0.123 e. The van der Waals surface area contributed by atoms with E-state index in [1.165, 1.54) is 18.2 Å². The summed E-state index contributed by atoms with van der Waals surface area (Å²) in [6.07, 6.45) is 0.